The minimum absolute atomic E-state index is 0.0266. The van der Waals surface area contributed by atoms with Crippen molar-refractivity contribution in [1.29, 1.82) is 0 Å². The second-order valence-corrected chi connectivity index (χ2v) is 8.12. The molecule has 1 N–H and O–H groups in total. The number of hydrogen-bond donors (Lipinski definition) is 1. The molecule has 0 aromatic heterocycles. The summed E-state index contributed by atoms with van der Waals surface area (Å²) in [5, 5.41) is 0.967. The topological polar surface area (TPSA) is 58.6 Å². The monoisotopic (exact) mass is 464 g/mol. The summed E-state index contributed by atoms with van der Waals surface area (Å²) in [7, 11) is 1.47. The molecule has 5 nitrogen and oxygen atoms in total. The van der Waals surface area contributed by atoms with Gasteiger partial charge in [0.1, 0.15) is 24.3 Å². The van der Waals surface area contributed by atoms with Crippen LogP contribution < -0.4 is 13.8 Å². The number of halogens is 2. The van der Waals surface area contributed by atoms with Gasteiger partial charge in [0.05, 0.1) is 6.54 Å². The first-order valence-electron chi connectivity index (χ1n) is 8.44. The van der Waals surface area contributed by atoms with Gasteiger partial charge in [-0.15, -0.1) is 0 Å². The maximum atomic E-state index is 15.5. The lowest BCUT2D eigenvalue weighted by atomic mass is 10.1. The SMILES string of the molecule is CNS(=O)N(CC=O)c1c(OCc2ccccc2)cc2ccc(Br)cc2c1F. The lowest BCUT2D eigenvalue weighted by Gasteiger charge is -2.24. The van der Waals surface area contributed by atoms with Crippen LogP contribution in [0.25, 0.3) is 10.8 Å². The Bertz CT molecular complexity index is 1020. The van der Waals surface area contributed by atoms with Crippen molar-refractivity contribution in [3.05, 3.63) is 70.5 Å². The van der Waals surface area contributed by atoms with Gasteiger partial charge in [-0.25, -0.2) is 13.3 Å². The zero-order valence-corrected chi connectivity index (χ0v) is 17.4. The number of nitrogens with one attached hydrogen (secondary N) is 1. The van der Waals surface area contributed by atoms with Crippen molar-refractivity contribution in [3.63, 3.8) is 0 Å². The molecule has 0 bridgehead atoms. The van der Waals surface area contributed by atoms with Gasteiger partial charge in [0, 0.05) is 9.86 Å². The minimum Gasteiger partial charge on any atom is -0.487 e. The molecule has 3 aromatic carbocycles. The van der Waals surface area contributed by atoms with Crippen molar-refractivity contribution < 1.29 is 18.1 Å². The number of hydrogen-bond acceptors (Lipinski definition) is 3. The molecule has 0 saturated heterocycles. The molecule has 1 atom stereocenters. The molecule has 8 heteroatoms. The molecule has 0 aliphatic heterocycles. The fourth-order valence-corrected chi connectivity index (χ4v) is 3.90. The van der Waals surface area contributed by atoms with Gasteiger partial charge in [0.2, 0.25) is 0 Å². The van der Waals surface area contributed by atoms with Gasteiger partial charge in [-0.05, 0) is 36.2 Å². The molecule has 0 radical (unpaired) electrons. The standard InChI is InChI=1S/C20H18BrFN2O3S/c1-23-28(26)24(9-10-25)20-18(27-13-14-5-3-2-4-6-14)11-15-7-8-16(21)12-17(15)19(20)22/h2-8,10-12,23H,9,13H2,1H3. The van der Waals surface area contributed by atoms with Gasteiger partial charge in [0.25, 0.3) is 0 Å². The predicted octanol–water partition coefficient (Wildman–Crippen LogP) is 4.12. The second kappa shape index (κ2) is 9.27. The average Bonchev–Trinajstić information content (AvgIpc) is 2.72. The van der Waals surface area contributed by atoms with Crippen molar-refractivity contribution in [3.8, 4) is 5.75 Å². The van der Waals surface area contributed by atoms with Gasteiger partial charge in [-0.2, -0.15) is 0 Å². The van der Waals surface area contributed by atoms with Crippen LogP contribution in [0.2, 0.25) is 0 Å². The highest BCUT2D eigenvalue weighted by atomic mass is 79.9. The van der Waals surface area contributed by atoms with Gasteiger partial charge in [-0.1, -0.05) is 52.3 Å². The summed E-state index contributed by atoms with van der Waals surface area (Å²) < 4.78 is 38.2. The van der Waals surface area contributed by atoms with Crippen molar-refractivity contribution in [2.24, 2.45) is 0 Å². The van der Waals surface area contributed by atoms with Crippen molar-refractivity contribution >= 4 is 49.8 Å². The molecule has 0 aliphatic carbocycles. The molecule has 0 heterocycles. The number of benzene rings is 3. The molecule has 146 valence electrons. The van der Waals surface area contributed by atoms with E-state index in [0.29, 0.717) is 21.5 Å². The number of aldehydes is 1. The lowest BCUT2D eigenvalue weighted by Crippen LogP contribution is -2.35. The van der Waals surface area contributed by atoms with Gasteiger partial charge in [0.15, 0.2) is 17.0 Å². The number of rotatable bonds is 8. The summed E-state index contributed by atoms with van der Waals surface area (Å²) in [4.78, 5) is 11.2. The molecule has 28 heavy (non-hydrogen) atoms. The third-order valence-electron chi connectivity index (χ3n) is 4.08. The average molecular weight is 465 g/mol. The number of nitrogens with zero attached hydrogens (tertiary/aromatic N) is 1. The van der Waals surface area contributed by atoms with Gasteiger partial charge >= 0.3 is 0 Å². The van der Waals surface area contributed by atoms with Gasteiger partial charge in [-0.3, -0.25) is 4.31 Å². The van der Waals surface area contributed by atoms with E-state index in [1.165, 1.54) is 7.05 Å². The summed E-state index contributed by atoms with van der Waals surface area (Å²) in [6, 6.07) is 16.3. The zero-order chi connectivity index (χ0) is 20.1. The molecule has 0 fully saturated rings. The maximum Gasteiger partial charge on any atom is 0.196 e. The Kier molecular flexibility index (Phi) is 6.77. The summed E-state index contributed by atoms with van der Waals surface area (Å²) >= 11 is 1.53. The van der Waals surface area contributed by atoms with Crippen LogP contribution in [0.1, 0.15) is 5.56 Å². The normalized spacial score (nSPS) is 12.0. The summed E-state index contributed by atoms with van der Waals surface area (Å²) in [5.41, 5.74) is 0.878. The van der Waals surface area contributed by atoms with Crippen LogP contribution in [0.3, 0.4) is 0 Å². The van der Waals surface area contributed by atoms with Crippen LogP contribution in [0.5, 0.6) is 5.75 Å². The van der Waals surface area contributed by atoms with Crippen LogP contribution >= 0.6 is 15.9 Å². The molecule has 0 amide bonds. The minimum atomic E-state index is -1.81. The molecule has 0 aliphatic rings. The Balaban J connectivity index is 2.14. The number of carbonyl (C=O) groups excluding carboxylic acids is 1. The largest absolute Gasteiger partial charge is 0.487 e. The molecule has 0 saturated carbocycles. The first kappa shape index (κ1) is 20.4. The van der Waals surface area contributed by atoms with E-state index in [1.54, 1.807) is 24.3 Å². The Morgan fingerprint density at radius 3 is 2.64 bits per heavy atom. The van der Waals surface area contributed by atoms with E-state index in [2.05, 4.69) is 20.7 Å². The highest BCUT2D eigenvalue weighted by molar-refractivity contribution is 9.10. The summed E-state index contributed by atoms with van der Waals surface area (Å²) in [6.45, 7) is -0.0536. The summed E-state index contributed by atoms with van der Waals surface area (Å²) in [6.07, 6.45) is 0.570. The Hall–Kier alpha value is -2.29. The fourth-order valence-electron chi connectivity index (χ4n) is 2.79. The summed E-state index contributed by atoms with van der Waals surface area (Å²) in [5.74, 6) is -0.395. The van der Waals surface area contributed by atoms with Crippen molar-refractivity contribution in [2.45, 2.75) is 6.61 Å². The second-order valence-electron chi connectivity index (χ2n) is 5.86. The Labute approximate surface area is 173 Å². The third kappa shape index (κ3) is 4.40. The highest BCUT2D eigenvalue weighted by Gasteiger charge is 2.24. The van der Waals surface area contributed by atoms with E-state index < -0.39 is 17.0 Å². The van der Waals surface area contributed by atoms with E-state index in [0.717, 1.165) is 9.87 Å². The number of anilines is 1. The van der Waals surface area contributed by atoms with E-state index in [9.17, 15) is 9.00 Å². The molecule has 3 rings (SSSR count). The zero-order valence-electron chi connectivity index (χ0n) is 15.0. The van der Waals surface area contributed by atoms with Crippen LogP contribution in [-0.2, 0) is 22.6 Å². The van der Waals surface area contributed by atoms with E-state index in [-0.39, 0.29) is 24.6 Å². The van der Waals surface area contributed by atoms with Crippen LogP contribution in [0.4, 0.5) is 10.1 Å². The number of carbonyl (C=O) groups is 1. The molecular formula is C20H18BrFN2O3S. The molecular weight excluding hydrogens is 447 g/mol. The van der Waals surface area contributed by atoms with E-state index >= 15 is 4.39 Å². The Morgan fingerprint density at radius 1 is 1.21 bits per heavy atom. The number of fused-ring (bicyclic) bond motifs is 1. The van der Waals surface area contributed by atoms with Gasteiger partial charge < -0.3 is 9.53 Å². The lowest BCUT2D eigenvalue weighted by molar-refractivity contribution is -0.106. The first-order valence-corrected chi connectivity index (χ1v) is 10.3. The smallest absolute Gasteiger partial charge is 0.196 e. The molecule has 0 spiro atoms. The first-order chi connectivity index (χ1) is 13.5. The molecule has 3 aromatic rings. The third-order valence-corrected chi connectivity index (χ3v) is 5.66. The van der Waals surface area contributed by atoms with E-state index in [1.807, 2.05) is 30.3 Å². The van der Waals surface area contributed by atoms with E-state index in [4.69, 9.17) is 4.74 Å². The van der Waals surface area contributed by atoms with Crippen molar-refractivity contribution in [1.82, 2.24) is 4.72 Å². The van der Waals surface area contributed by atoms with Crippen LogP contribution in [0.15, 0.2) is 59.1 Å². The van der Waals surface area contributed by atoms with Crippen LogP contribution in [-0.4, -0.2) is 24.1 Å². The fraction of sp³-hybridized carbons (Fsp3) is 0.150. The number of ether oxygens (including phenoxy) is 1. The maximum absolute atomic E-state index is 15.5. The van der Waals surface area contributed by atoms with Crippen molar-refractivity contribution in [2.75, 3.05) is 17.9 Å². The van der Waals surface area contributed by atoms with Crippen LogP contribution in [0, 0.1) is 5.82 Å². The predicted molar refractivity (Wildman–Crippen MR) is 113 cm³/mol. The quantitative estimate of drug-likeness (QED) is 0.510. The molecule has 1 unspecified atom stereocenters. The highest BCUT2D eigenvalue weighted by Crippen LogP contribution is 2.39. The Morgan fingerprint density at radius 2 is 1.96 bits per heavy atom.